The van der Waals surface area contributed by atoms with Crippen molar-refractivity contribution in [3.63, 3.8) is 0 Å². The van der Waals surface area contributed by atoms with Crippen molar-refractivity contribution in [1.29, 1.82) is 0 Å². The third-order valence-corrected chi connectivity index (χ3v) is 4.63. The van der Waals surface area contributed by atoms with E-state index in [-0.39, 0.29) is 4.90 Å². The van der Waals surface area contributed by atoms with E-state index in [0.717, 1.165) is 0 Å². The lowest BCUT2D eigenvalue weighted by Crippen LogP contribution is -2.47. The lowest BCUT2D eigenvalue weighted by molar-refractivity contribution is -0.139. The van der Waals surface area contributed by atoms with Gasteiger partial charge in [-0.3, -0.25) is 9.59 Å². The fourth-order valence-electron chi connectivity index (χ4n) is 2.54. The van der Waals surface area contributed by atoms with Crippen molar-refractivity contribution >= 4 is 27.5 Å². The second kappa shape index (κ2) is 7.56. The molecule has 0 aliphatic carbocycles. The highest BCUT2D eigenvalue weighted by molar-refractivity contribution is 7.89. The minimum Gasteiger partial charge on any atom is -0.369 e. The maximum atomic E-state index is 12.6. The molecule has 0 aliphatic rings. The molecule has 0 heterocycles. The quantitative estimate of drug-likeness (QED) is 0.615. The van der Waals surface area contributed by atoms with Crippen LogP contribution in [0, 0.1) is 5.41 Å². The van der Waals surface area contributed by atoms with Gasteiger partial charge >= 0.3 is 0 Å². The standard InChI is InChI=1S/C15H23N3O4S/c1-3-9-15(10-4-2,13(16)19)14(20)18-11-5-7-12(8-6-11)23(17,21)22/h5-8H,3-4,9-10H2,1-2H3,(H2,16,19)(H,18,20)(H2,17,21,22). The van der Waals surface area contributed by atoms with E-state index in [0.29, 0.717) is 31.4 Å². The summed E-state index contributed by atoms with van der Waals surface area (Å²) >= 11 is 0. The van der Waals surface area contributed by atoms with Crippen molar-refractivity contribution in [2.75, 3.05) is 5.32 Å². The first kappa shape index (κ1) is 19.1. The van der Waals surface area contributed by atoms with Gasteiger partial charge in [-0.25, -0.2) is 13.6 Å². The van der Waals surface area contributed by atoms with E-state index >= 15 is 0 Å². The maximum Gasteiger partial charge on any atom is 0.240 e. The minimum absolute atomic E-state index is 0.0567. The first-order chi connectivity index (χ1) is 10.7. The number of primary amides is 1. The number of primary sulfonamides is 1. The van der Waals surface area contributed by atoms with Crippen LogP contribution in [0.3, 0.4) is 0 Å². The molecule has 0 aromatic heterocycles. The highest BCUT2D eigenvalue weighted by Crippen LogP contribution is 2.31. The van der Waals surface area contributed by atoms with Gasteiger partial charge in [0.15, 0.2) is 0 Å². The summed E-state index contributed by atoms with van der Waals surface area (Å²) in [5.74, 6) is -1.13. The van der Waals surface area contributed by atoms with Gasteiger partial charge in [0.1, 0.15) is 5.41 Å². The second-order valence-corrected chi connectivity index (χ2v) is 7.03. The average Bonchev–Trinajstić information content (AvgIpc) is 2.46. The number of nitrogens with two attached hydrogens (primary N) is 2. The first-order valence-corrected chi connectivity index (χ1v) is 8.96. The minimum atomic E-state index is -3.79. The third kappa shape index (κ3) is 4.52. The Kier molecular flexibility index (Phi) is 6.28. The lowest BCUT2D eigenvalue weighted by Gasteiger charge is -2.28. The zero-order chi connectivity index (χ0) is 17.7. The molecule has 1 aromatic rings. The number of amides is 2. The Balaban J connectivity index is 3.05. The number of benzene rings is 1. The van der Waals surface area contributed by atoms with Crippen LogP contribution < -0.4 is 16.2 Å². The summed E-state index contributed by atoms with van der Waals surface area (Å²) in [5, 5.41) is 7.66. The van der Waals surface area contributed by atoms with Crippen molar-refractivity contribution in [3.8, 4) is 0 Å². The van der Waals surface area contributed by atoms with Crippen LogP contribution in [0.4, 0.5) is 5.69 Å². The Morgan fingerprint density at radius 1 is 1.09 bits per heavy atom. The van der Waals surface area contributed by atoms with Crippen LogP contribution in [0.25, 0.3) is 0 Å². The fourth-order valence-corrected chi connectivity index (χ4v) is 3.06. The smallest absolute Gasteiger partial charge is 0.240 e. The van der Waals surface area contributed by atoms with Gasteiger partial charge in [0.05, 0.1) is 4.90 Å². The summed E-state index contributed by atoms with van der Waals surface area (Å²) in [7, 11) is -3.79. The molecule has 0 saturated carbocycles. The van der Waals surface area contributed by atoms with Crippen LogP contribution in [-0.4, -0.2) is 20.2 Å². The molecule has 0 saturated heterocycles. The molecule has 0 atom stereocenters. The number of rotatable bonds is 8. The number of carbonyl (C=O) groups excluding carboxylic acids is 2. The Bertz CT molecular complexity index is 662. The van der Waals surface area contributed by atoms with Gasteiger partial charge in [-0.1, -0.05) is 26.7 Å². The summed E-state index contributed by atoms with van der Waals surface area (Å²) in [6.07, 6.45) is 2.00. The monoisotopic (exact) mass is 341 g/mol. The summed E-state index contributed by atoms with van der Waals surface area (Å²) in [6.45, 7) is 3.75. The van der Waals surface area contributed by atoms with Crippen LogP contribution in [0.5, 0.6) is 0 Å². The SMILES string of the molecule is CCCC(CCC)(C(N)=O)C(=O)Nc1ccc(S(N)(=O)=O)cc1. The fraction of sp³-hybridized carbons (Fsp3) is 0.467. The molecule has 7 nitrogen and oxygen atoms in total. The summed E-state index contributed by atoms with van der Waals surface area (Å²) < 4.78 is 22.4. The van der Waals surface area contributed by atoms with Gasteiger partial charge in [0.25, 0.3) is 0 Å². The molecular formula is C15H23N3O4S. The van der Waals surface area contributed by atoms with Crippen molar-refractivity contribution in [2.45, 2.75) is 44.4 Å². The molecule has 0 bridgehead atoms. The molecule has 128 valence electrons. The zero-order valence-corrected chi connectivity index (χ0v) is 14.2. The predicted octanol–water partition coefficient (Wildman–Crippen LogP) is 1.34. The Labute approximate surface area is 136 Å². The van der Waals surface area contributed by atoms with Gasteiger partial charge in [-0.15, -0.1) is 0 Å². The molecule has 0 aliphatic heterocycles. The van der Waals surface area contributed by atoms with E-state index in [1.54, 1.807) is 0 Å². The number of sulfonamides is 1. The van der Waals surface area contributed by atoms with Gasteiger partial charge in [0.2, 0.25) is 21.8 Å². The average molecular weight is 341 g/mol. The van der Waals surface area contributed by atoms with Crippen LogP contribution >= 0.6 is 0 Å². The molecule has 1 aromatic carbocycles. The summed E-state index contributed by atoms with van der Waals surface area (Å²) in [4.78, 5) is 24.4. The summed E-state index contributed by atoms with van der Waals surface area (Å²) in [6, 6.07) is 5.41. The van der Waals surface area contributed by atoms with Gasteiger partial charge in [-0.2, -0.15) is 0 Å². The van der Waals surface area contributed by atoms with Crippen LogP contribution in [0.15, 0.2) is 29.2 Å². The Morgan fingerprint density at radius 3 is 1.91 bits per heavy atom. The molecule has 5 N–H and O–H groups in total. The highest BCUT2D eigenvalue weighted by atomic mass is 32.2. The van der Waals surface area contributed by atoms with Crippen molar-refractivity contribution in [1.82, 2.24) is 0 Å². The third-order valence-electron chi connectivity index (χ3n) is 3.70. The van der Waals surface area contributed by atoms with Crippen LogP contribution in [-0.2, 0) is 19.6 Å². The van der Waals surface area contributed by atoms with Crippen molar-refractivity contribution in [3.05, 3.63) is 24.3 Å². The topological polar surface area (TPSA) is 132 Å². The molecule has 0 radical (unpaired) electrons. The Hall–Kier alpha value is -1.93. The normalized spacial score (nSPS) is 12.0. The number of hydrogen-bond donors (Lipinski definition) is 3. The van der Waals surface area contributed by atoms with E-state index in [9.17, 15) is 18.0 Å². The van der Waals surface area contributed by atoms with Gasteiger partial charge in [0, 0.05) is 5.69 Å². The van der Waals surface area contributed by atoms with Gasteiger partial charge < -0.3 is 11.1 Å². The molecule has 8 heteroatoms. The largest absolute Gasteiger partial charge is 0.369 e. The number of nitrogens with one attached hydrogen (secondary N) is 1. The van der Waals surface area contributed by atoms with E-state index in [1.165, 1.54) is 24.3 Å². The molecule has 1 rings (SSSR count). The maximum absolute atomic E-state index is 12.6. The number of carbonyl (C=O) groups is 2. The van der Waals surface area contributed by atoms with Crippen LogP contribution in [0.2, 0.25) is 0 Å². The Morgan fingerprint density at radius 2 is 1.57 bits per heavy atom. The molecular weight excluding hydrogens is 318 g/mol. The molecule has 2 amide bonds. The predicted molar refractivity (Wildman–Crippen MR) is 87.9 cm³/mol. The molecule has 0 fully saturated rings. The second-order valence-electron chi connectivity index (χ2n) is 5.47. The number of anilines is 1. The first-order valence-electron chi connectivity index (χ1n) is 7.41. The van der Waals surface area contributed by atoms with E-state index in [4.69, 9.17) is 10.9 Å². The number of hydrogen-bond acceptors (Lipinski definition) is 4. The van der Waals surface area contributed by atoms with E-state index < -0.39 is 27.3 Å². The molecule has 0 unspecified atom stereocenters. The van der Waals surface area contributed by atoms with E-state index in [2.05, 4.69) is 5.32 Å². The highest BCUT2D eigenvalue weighted by Gasteiger charge is 2.42. The van der Waals surface area contributed by atoms with Crippen molar-refractivity contribution in [2.24, 2.45) is 16.3 Å². The lowest BCUT2D eigenvalue weighted by atomic mass is 9.77. The molecule has 23 heavy (non-hydrogen) atoms. The van der Waals surface area contributed by atoms with Gasteiger partial charge in [-0.05, 0) is 37.1 Å². The van der Waals surface area contributed by atoms with E-state index in [1.807, 2.05) is 13.8 Å². The summed E-state index contributed by atoms with van der Waals surface area (Å²) in [5.41, 5.74) is 4.60. The zero-order valence-electron chi connectivity index (χ0n) is 13.3. The molecule has 0 spiro atoms. The van der Waals surface area contributed by atoms with Crippen molar-refractivity contribution < 1.29 is 18.0 Å². The van der Waals surface area contributed by atoms with Crippen LogP contribution in [0.1, 0.15) is 39.5 Å².